The van der Waals surface area contributed by atoms with Gasteiger partial charge in [-0.3, -0.25) is 4.79 Å². The number of carbonyl (C=O) groups excluding carboxylic acids is 1. The molecule has 128 valence electrons. The zero-order valence-electron chi connectivity index (χ0n) is 14.7. The summed E-state index contributed by atoms with van der Waals surface area (Å²) >= 11 is 1.36. The van der Waals surface area contributed by atoms with Crippen LogP contribution in [-0.2, 0) is 0 Å². The Balaban J connectivity index is 1.99. The molecule has 0 saturated heterocycles. The number of aliphatic imine (C=N–C) groups is 1. The van der Waals surface area contributed by atoms with Gasteiger partial charge in [-0.1, -0.05) is 6.07 Å². The van der Waals surface area contributed by atoms with Gasteiger partial charge in [0.25, 0.3) is 0 Å². The van der Waals surface area contributed by atoms with Gasteiger partial charge in [0.05, 0.1) is 28.0 Å². The summed E-state index contributed by atoms with van der Waals surface area (Å²) in [6.45, 7) is 4.15. The fraction of sp³-hybridized carbons (Fsp3) is 0.211. The first-order valence-corrected chi connectivity index (χ1v) is 8.73. The number of aryl methyl sites for hydroxylation is 2. The normalized spacial score (nSPS) is 11.2. The molecule has 0 atom stereocenters. The summed E-state index contributed by atoms with van der Waals surface area (Å²) in [6, 6.07) is 8.07. The second kappa shape index (κ2) is 7.03. The van der Waals surface area contributed by atoms with Crippen LogP contribution in [0.25, 0.3) is 10.2 Å². The summed E-state index contributed by atoms with van der Waals surface area (Å²) in [5, 5.41) is 4.08. The minimum atomic E-state index is 0.579. The van der Waals surface area contributed by atoms with Crippen molar-refractivity contribution in [2.45, 2.75) is 13.8 Å². The maximum Gasteiger partial charge on any atom is 0.162 e. The summed E-state index contributed by atoms with van der Waals surface area (Å²) in [5.74, 6) is 0. The van der Waals surface area contributed by atoms with E-state index in [4.69, 9.17) is 0 Å². The third kappa shape index (κ3) is 3.39. The summed E-state index contributed by atoms with van der Waals surface area (Å²) < 4.78 is 0. The number of thiophene rings is 1. The Hall–Kier alpha value is -2.73. The molecule has 0 saturated carbocycles. The van der Waals surface area contributed by atoms with E-state index in [9.17, 15) is 4.79 Å². The zero-order valence-corrected chi connectivity index (χ0v) is 15.5. The largest absolute Gasteiger partial charge is 0.377 e. The van der Waals surface area contributed by atoms with Crippen LogP contribution in [0, 0.1) is 13.8 Å². The molecule has 25 heavy (non-hydrogen) atoms. The van der Waals surface area contributed by atoms with Crippen molar-refractivity contribution >= 4 is 51.2 Å². The molecule has 0 fully saturated rings. The molecule has 0 aliphatic heterocycles. The molecule has 0 amide bonds. The first kappa shape index (κ1) is 17.1. The summed E-state index contributed by atoms with van der Waals surface area (Å²) in [5.41, 5.74) is 5.07. The fourth-order valence-corrected chi connectivity index (χ4v) is 3.52. The molecule has 3 aromatic rings. The van der Waals surface area contributed by atoms with Crippen LogP contribution in [0.4, 0.5) is 17.1 Å². The van der Waals surface area contributed by atoms with Gasteiger partial charge in [-0.25, -0.2) is 9.98 Å². The van der Waals surface area contributed by atoms with Crippen molar-refractivity contribution in [1.29, 1.82) is 0 Å². The zero-order chi connectivity index (χ0) is 18.0. The first-order chi connectivity index (χ1) is 12.0. The second-order valence-corrected chi connectivity index (χ2v) is 7.07. The van der Waals surface area contributed by atoms with E-state index in [0.717, 1.165) is 27.9 Å². The first-order valence-electron chi connectivity index (χ1n) is 7.91. The summed E-state index contributed by atoms with van der Waals surface area (Å²) in [4.78, 5) is 23.8. The standard InChI is InChI=1S/C19H20N4OS/c1-12-5-6-14(9-13(12)2)21-11-22-18-16(10-24)25-19-17(18)15(23(3)4)7-8-20-19/h5-11H,1-4H3,(H,21,22). The van der Waals surface area contributed by atoms with Gasteiger partial charge in [0.2, 0.25) is 0 Å². The molecule has 0 unspecified atom stereocenters. The summed E-state index contributed by atoms with van der Waals surface area (Å²) in [7, 11) is 3.93. The molecule has 6 heteroatoms. The van der Waals surface area contributed by atoms with E-state index in [1.165, 1.54) is 22.5 Å². The highest BCUT2D eigenvalue weighted by molar-refractivity contribution is 7.21. The molecule has 0 aliphatic carbocycles. The van der Waals surface area contributed by atoms with Gasteiger partial charge >= 0.3 is 0 Å². The Morgan fingerprint density at radius 2 is 2.00 bits per heavy atom. The van der Waals surface area contributed by atoms with Gasteiger partial charge in [-0.05, 0) is 43.2 Å². The Bertz CT molecular complexity index is 959. The number of nitrogens with zero attached hydrogens (tertiary/aromatic N) is 3. The quantitative estimate of drug-likeness (QED) is 0.415. The molecule has 2 heterocycles. The van der Waals surface area contributed by atoms with Crippen molar-refractivity contribution in [3.63, 3.8) is 0 Å². The number of pyridine rings is 1. The monoisotopic (exact) mass is 352 g/mol. The lowest BCUT2D eigenvalue weighted by Crippen LogP contribution is -2.08. The maximum absolute atomic E-state index is 11.5. The van der Waals surface area contributed by atoms with E-state index in [-0.39, 0.29) is 0 Å². The van der Waals surface area contributed by atoms with E-state index in [2.05, 4.69) is 41.3 Å². The highest BCUT2D eigenvalue weighted by Crippen LogP contribution is 2.40. The van der Waals surface area contributed by atoms with Crippen LogP contribution in [0.3, 0.4) is 0 Å². The van der Waals surface area contributed by atoms with Crippen LogP contribution in [0.2, 0.25) is 0 Å². The van der Waals surface area contributed by atoms with Crippen LogP contribution in [0.5, 0.6) is 0 Å². The minimum Gasteiger partial charge on any atom is -0.377 e. The Labute approximate surface area is 151 Å². The second-order valence-electron chi connectivity index (χ2n) is 6.04. The Kier molecular flexibility index (Phi) is 4.81. The number of anilines is 2. The molecule has 5 nitrogen and oxygen atoms in total. The van der Waals surface area contributed by atoms with Crippen LogP contribution < -0.4 is 10.2 Å². The predicted octanol–water partition coefficient (Wildman–Crippen LogP) is 4.56. The molecule has 0 bridgehead atoms. The number of fused-ring (bicyclic) bond motifs is 1. The van der Waals surface area contributed by atoms with Gasteiger partial charge in [-0.15, -0.1) is 11.3 Å². The predicted molar refractivity (Wildman–Crippen MR) is 107 cm³/mol. The fourth-order valence-electron chi connectivity index (χ4n) is 2.59. The molecular weight excluding hydrogens is 332 g/mol. The number of benzene rings is 1. The Morgan fingerprint density at radius 3 is 2.68 bits per heavy atom. The number of carbonyl (C=O) groups is 1. The van der Waals surface area contributed by atoms with Gasteiger partial charge in [0.15, 0.2) is 6.29 Å². The molecule has 0 radical (unpaired) electrons. The topological polar surface area (TPSA) is 57.6 Å². The average molecular weight is 352 g/mol. The molecule has 1 aromatic carbocycles. The molecule has 0 aliphatic rings. The van der Waals surface area contributed by atoms with Crippen molar-refractivity contribution in [3.8, 4) is 0 Å². The molecular formula is C19H20N4OS. The van der Waals surface area contributed by atoms with Crippen molar-refractivity contribution in [2.24, 2.45) is 4.99 Å². The lowest BCUT2D eigenvalue weighted by molar-refractivity contribution is 0.112. The van der Waals surface area contributed by atoms with Crippen molar-refractivity contribution in [2.75, 3.05) is 24.3 Å². The molecule has 0 spiro atoms. The number of hydrogen-bond donors (Lipinski definition) is 1. The lowest BCUT2D eigenvalue weighted by Gasteiger charge is -2.13. The third-order valence-corrected chi connectivity index (χ3v) is 5.10. The van der Waals surface area contributed by atoms with E-state index in [1.54, 1.807) is 12.5 Å². The van der Waals surface area contributed by atoms with E-state index < -0.39 is 0 Å². The minimum absolute atomic E-state index is 0.579. The maximum atomic E-state index is 11.5. The SMILES string of the molecule is Cc1ccc(NC=Nc2c(C=O)sc3nccc(N(C)C)c23)cc1C. The lowest BCUT2D eigenvalue weighted by atomic mass is 10.1. The van der Waals surface area contributed by atoms with Crippen LogP contribution in [-0.4, -0.2) is 31.7 Å². The van der Waals surface area contributed by atoms with Crippen molar-refractivity contribution < 1.29 is 4.79 Å². The highest BCUT2D eigenvalue weighted by atomic mass is 32.1. The van der Waals surface area contributed by atoms with Crippen molar-refractivity contribution in [1.82, 2.24) is 4.98 Å². The number of hydrogen-bond acceptors (Lipinski definition) is 5. The van der Waals surface area contributed by atoms with Crippen LogP contribution in [0.15, 0.2) is 35.5 Å². The molecule has 1 N–H and O–H groups in total. The van der Waals surface area contributed by atoms with Gasteiger partial charge in [0.1, 0.15) is 4.83 Å². The average Bonchev–Trinajstić information content (AvgIpc) is 2.96. The van der Waals surface area contributed by atoms with E-state index in [0.29, 0.717) is 10.6 Å². The van der Waals surface area contributed by atoms with Crippen LogP contribution in [0.1, 0.15) is 20.8 Å². The highest BCUT2D eigenvalue weighted by Gasteiger charge is 2.16. The number of nitrogens with one attached hydrogen (secondary N) is 1. The van der Waals surface area contributed by atoms with Crippen LogP contribution >= 0.6 is 11.3 Å². The molecule has 2 aromatic heterocycles. The Morgan fingerprint density at radius 1 is 1.20 bits per heavy atom. The number of aromatic nitrogens is 1. The smallest absolute Gasteiger partial charge is 0.162 e. The molecule has 3 rings (SSSR count). The van der Waals surface area contributed by atoms with E-state index >= 15 is 0 Å². The van der Waals surface area contributed by atoms with Gasteiger partial charge in [0, 0.05) is 26.0 Å². The van der Waals surface area contributed by atoms with Gasteiger partial charge in [-0.2, -0.15) is 0 Å². The van der Waals surface area contributed by atoms with Gasteiger partial charge < -0.3 is 10.2 Å². The number of rotatable bonds is 5. The van der Waals surface area contributed by atoms with E-state index in [1.807, 2.05) is 31.1 Å². The van der Waals surface area contributed by atoms with Crippen molar-refractivity contribution in [3.05, 3.63) is 46.5 Å². The third-order valence-electron chi connectivity index (χ3n) is 4.09. The number of aldehydes is 1. The summed E-state index contributed by atoms with van der Waals surface area (Å²) in [6.07, 6.45) is 4.23.